The van der Waals surface area contributed by atoms with Gasteiger partial charge in [-0.25, -0.2) is 4.98 Å². The molecule has 162 valence electrons. The molecule has 1 fully saturated rings. The van der Waals surface area contributed by atoms with Crippen molar-refractivity contribution in [2.24, 2.45) is 5.92 Å². The van der Waals surface area contributed by atoms with Crippen molar-refractivity contribution in [1.29, 1.82) is 0 Å². The van der Waals surface area contributed by atoms with Crippen LogP contribution in [0.15, 0.2) is 67.0 Å². The van der Waals surface area contributed by atoms with Gasteiger partial charge in [0.2, 0.25) is 0 Å². The van der Waals surface area contributed by atoms with Crippen LogP contribution in [0, 0.1) is 33.6 Å². The van der Waals surface area contributed by atoms with Crippen LogP contribution in [0.3, 0.4) is 0 Å². The number of rotatable bonds is 4. The highest BCUT2D eigenvalue weighted by molar-refractivity contribution is 5.72. The van der Waals surface area contributed by atoms with Crippen LogP contribution < -0.4 is 0 Å². The van der Waals surface area contributed by atoms with Crippen LogP contribution in [-0.4, -0.2) is 9.55 Å². The molecule has 5 rings (SSSR count). The Labute approximate surface area is 192 Å². The van der Waals surface area contributed by atoms with Gasteiger partial charge in [-0.15, -0.1) is 0 Å². The van der Waals surface area contributed by atoms with E-state index in [1.54, 1.807) is 0 Å². The molecular formula is C30H32N2. The molecule has 0 amide bonds. The number of hydrogen-bond donors (Lipinski definition) is 0. The van der Waals surface area contributed by atoms with Gasteiger partial charge < -0.3 is 0 Å². The summed E-state index contributed by atoms with van der Waals surface area (Å²) in [6.07, 6.45) is 5.28. The van der Waals surface area contributed by atoms with E-state index in [1.807, 2.05) is 6.20 Å². The van der Waals surface area contributed by atoms with Gasteiger partial charge in [0.25, 0.3) is 0 Å². The van der Waals surface area contributed by atoms with Gasteiger partial charge >= 0.3 is 0 Å². The maximum atomic E-state index is 4.84. The molecule has 32 heavy (non-hydrogen) atoms. The van der Waals surface area contributed by atoms with Crippen molar-refractivity contribution in [3.8, 4) is 28.2 Å². The highest BCUT2D eigenvalue weighted by atomic mass is 15.1. The molecule has 2 heteroatoms. The van der Waals surface area contributed by atoms with Gasteiger partial charge in [-0.3, -0.25) is 4.57 Å². The first-order valence-electron chi connectivity index (χ1n) is 11.6. The van der Waals surface area contributed by atoms with E-state index in [2.05, 4.69) is 107 Å². The lowest BCUT2D eigenvalue weighted by Gasteiger charge is -2.20. The third-order valence-corrected chi connectivity index (χ3v) is 7.37. The van der Waals surface area contributed by atoms with Crippen molar-refractivity contribution in [1.82, 2.24) is 9.55 Å². The number of nitrogens with zero attached hydrogens (tertiary/aromatic N) is 2. The average molecular weight is 421 g/mol. The molecule has 3 aromatic carbocycles. The van der Waals surface area contributed by atoms with Crippen LogP contribution in [0.2, 0.25) is 0 Å². The van der Waals surface area contributed by atoms with Crippen molar-refractivity contribution < 1.29 is 0 Å². The Morgan fingerprint density at radius 1 is 0.875 bits per heavy atom. The molecule has 0 saturated heterocycles. The van der Waals surface area contributed by atoms with Gasteiger partial charge in [-0.2, -0.15) is 0 Å². The Bertz CT molecular complexity index is 1280. The molecule has 1 heterocycles. The summed E-state index contributed by atoms with van der Waals surface area (Å²) in [7, 11) is 0. The third-order valence-electron chi connectivity index (χ3n) is 7.37. The van der Waals surface area contributed by atoms with Crippen LogP contribution in [0.25, 0.3) is 28.2 Å². The second kappa shape index (κ2) is 7.48. The lowest BCUT2D eigenvalue weighted by Crippen LogP contribution is -2.08. The Morgan fingerprint density at radius 3 is 2.09 bits per heavy atom. The number of imidazole rings is 1. The van der Waals surface area contributed by atoms with Crippen molar-refractivity contribution in [2.75, 3.05) is 0 Å². The highest BCUT2D eigenvalue weighted by Crippen LogP contribution is 2.55. The quantitative estimate of drug-likeness (QED) is 0.330. The van der Waals surface area contributed by atoms with E-state index in [9.17, 15) is 0 Å². The van der Waals surface area contributed by atoms with Gasteiger partial charge in [0, 0.05) is 18.0 Å². The molecule has 1 saturated carbocycles. The normalized spacial score (nSPS) is 19.9. The lowest BCUT2D eigenvalue weighted by atomic mass is 9.90. The Morgan fingerprint density at radius 2 is 1.47 bits per heavy atom. The zero-order chi connectivity index (χ0) is 22.6. The summed E-state index contributed by atoms with van der Waals surface area (Å²) in [5.74, 6) is 1.75. The van der Waals surface area contributed by atoms with Gasteiger partial charge in [0.1, 0.15) is 5.82 Å². The molecule has 1 aliphatic rings. The molecule has 0 bridgehead atoms. The van der Waals surface area contributed by atoms with Gasteiger partial charge in [0.05, 0.1) is 5.69 Å². The van der Waals surface area contributed by atoms with Gasteiger partial charge in [0.15, 0.2) is 0 Å². The van der Waals surface area contributed by atoms with E-state index in [-0.39, 0.29) is 5.41 Å². The molecule has 1 aromatic heterocycles. The summed E-state index contributed by atoms with van der Waals surface area (Å²) in [5.41, 5.74) is 11.8. The molecule has 2 nitrogen and oxygen atoms in total. The first-order valence-corrected chi connectivity index (χ1v) is 11.6. The summed E-state index contributed by atoms with van der Waals surface area (Å²) in [5, 5.41) is 0. The number of hydrogen-bond acceptors (Lipinski definition) is 1. The lowest BCUT2D eigenvalue weighted by molar-refractivity contribution is 0.702. The average Bonchev–Trinajstić information content (AvgIpc) is 3.13. The fraction of sp³-hybridized carbons (Fsp3) is 0.300. The standard InChI is InChI=1S/C30H32N2/c1-19-13-20(2)15-24(14-19)25-16-21(3)28(22(4)17-25)32-12-11-31-29(32)26-9-7-8-10-27(26)30(6)18-23(30)5/h7-17,23H,18H2,1-6H3. The van der Waals surface area contributed by atoms with Crippen LogP contribution in [0.1, 0.15) is 48.1 Å². The third kappa shape index (κ3) is 3.39. The molecule has 2 unspecified atom stereocenters. The first kappa shape index (κ1) is 20.8. The summed E-state index contributed by atoms with van der Waals surface area (Å²) in [4.78, 5) is 4.84. The molecule has 0 radical (unpaired) electrons. The first-order chi connectivity index (χ1) is 15.3. The summed E-state index contributed by atoms with van der Waals surface area (Å²) in [6, 6.07) is 20.2. The maximum Gasteiger partial charge on any atom is 0.144 e. The summed E-state index contributed by atoms with van der Waals surface area (Å²) >= 11 is 0. The highest BCUT2D eigenvalue weighted by Gasteiger charge is 2.49. The minimum atomic E-state index is 0.254. The second-order valence-corrected chi connectivity index (χ2v) is 10.0. The van der Waals surface area contributed by atoms with Crippen LogP contribution in [-0.2, 0) is 5.41 Å². The fourth-order valence-electron chi connectivity index (χ4n) is 5.46. The second-order valence-electron chi connectivity index (χ2n) is 10.0. The largest absolute Gasteiger partial charge is 0.299 e. The molecule has 4 aromatic rings. The zero-order valence-electron chi connectivity index (χ0n) is 20.0. The zero-order valence-corrected chi connectivity index (χ0v) is 20.0. The molecule has 0 N–H and O–H groups in total. The predicted molar refractivity (Wildman–Crippen MR) is 135 cm³/mol. The SMILES string of the molecule is Cc1cc(C)cc(-c2cc(C)c(-n3ccnc3-c3ccccc3C3(C)CC3C)c(C)c2)c1. The van der Waals surface area contributed by atoms with E-state index in [0.29, 0.717) is 5.92 Å². The monoisotopic (exact) mass is 420 g/mol. The molecule has 2 atom stereocenters. The summed E-state index contributed by atoms with van der Waals surface area (Å²) < 4.78 is 2.28. The van der Waals surface area contributed by atoms with Crippen molar-refractivity contribution in [3.05, 3.63) is 94.8 Å². The minimum absolute atomic E-state index is 0.254. The van der Waals surface area contributed by atoms with Crippen LogP contribution in [0.5, 0.6) is 0 Å². The number of aryl methyl sites for hydroxylation is 4. The number of benzene rings is 3. The fourth-order valence-corrected chi connectivity index (χ4v) is 5.46. The van der Waals surface area contributed by atoms with E-state index in [0.717, 1.165) is 5.82 Å². The van der Waals surface area contributed by atoms with Crippen molar-refractivity contribution in [2.45, 2.75) is 53.4 Å². The van der Waals surface area contributed by atoms with E-state index >= 15 is 0 Å². The molecule has 0 spiro atoms. The molecular weight excluding hydrogens is 388 g/mol. The van der Waals surface area contributed by atoms with Crippen molar-refractivity contribution in [3.63, 3.8) is 0 Å². The van der Waals surface area contributed by atoms with Gasteiger partial charge in [-0.05, 0) is 85.4 Å². The van der Waals surface area contributed by atoms with E-state index in [1.165, 1.54) is 56.6 Å². The van der Waals surface area contributed by atoms with Crippen molar-refractivity contribution >= 4 is 0 Å². The predicted octanol–water partition coefficient (Wildman–Crippen LogP) is 7.74. The van der Waals surface area contributed by atoms with Gasteiger partial charge in [-0.1, -0.05) is 67.4 Å². The topological polar surface area (TPSA) is 17.8 Å². The maximum absolute atomic E-state index is 4.84. The minimum Gasteiger partial charge on any atom is -0.299 e. The Hall–Kier alpha value is -3.13. The van der Waals surface area contributed by atoms with E-state index < -0.39 is 0 Å². The molecule has 1 aliphatic carbocycles. The smallest absolute Gasteiger partial charge is 0.144 e. The Balaban J connectivity index is 1.63. The Kier molecular flexibility index (Phi) is 4.85. The molecule has 0 aliphatic heterocycles. The number of aromatic nitrogens is 2. The van der Waals surface area contributed by atoms with Crippen LogP contribution >= 0.6 is 0 Å². The summed E-state index contributed by atoms with van der Waals surface area (Å²) in [6.45, 7) is 13.5. The van der Waals surface area contributed by atoms with Crippen LogP contribution in [0.4, 0.5) is 0 Å². The van der Waals surface area contributed by atoms with E-state index in [4.69, 9.17) is 4.98 Å².